The standard InChI is InChI=1S/C41H47N9O10S/c1-22(49(2)38(55)30-17-23-7-6-10-32(51)27(23)21-43-30)35(37(54)44-20-25-11-12-34(60-25)50-15-13-33(52)47-41(50)59)48-36(53)29(14-16-61-3)45-40(58)46-31(39(56)57)18-24-19-42-28-9-5-4-8-26(24)28/h4-13,15,19-20,22,29-31,34-35,42-43,51H,14,16-18,21H2,1-3H3,(H,44,54)(H,48,53)(H,56,57)(H2,45,46,58)(H,47,52,59)/b25-20-/t22-,29?,30+,31?,34+,35?/m0/s1. The Balaban J connectivity index is 1.19. The number of carbonyl (C=O) groups excluding carboxylic acids is 4. The van der Waals surface area contributed by atoms with E-state index in [9.17, 15) is 43.8 Å². The summed E-state index contributed by atoms with van der Waals surface area (Å²) < 4.78 is 6.90. The number of carbonyl (C=O) groups is 5. The predicted molar refractivity (Wildman–Crippen MR) is 225 cm³/mol. The zero-order chi connectivity index (χ0) is 43.8. The lowest BCUT2D eigenvalue weighted by Gasteiger charge is -2.36. The number of ether oxygens (including phenoxy) is 1. The first kappa shape index (κ1) is 43.8. The van der Waals surface area contributed by atoms with Crippen LogP contribution in [0.2, 0.25) is 0 Å². The van der Waals surface area contributed by atoms with E-state index >= 15 is 0 Å². The van der Waals surface area contributed by atoms with E-state index in [-0.39, 0.29) is 37.3 Å². The molecule has 0 radical (unpaired) electrons. The van der Waals surface area contributed by atoms with Crippen LogP contribution in [0, 0.1) is 0 Å². The summed E-state index contributed by atoms with van der Waals surface area (Å²) in [4.78, 5) is 98.2. The monoisotopic (exact) mass is 857 g/mol. The Morgan fingerprint density at radius 1 is 1.03 bits per heavy atom. The number of carboxylic acid groups (broad SMARTS) is 1. The van der Waals surface area contributed by atoms with Crippen LogP contribution in [-0.4, -0.2) is 109 Å². The van der Waals surface area contributed by atoms with Crippen molar-refractivity contribution in [3.8, 4) is 5.75 Å². The number of nitrogens with zero attached hydrogens (tertiary/aromatic N) is 2. The number of likely N-dealkylation sites (N-methyl/N-ethyl adjacent to an activating group) is 1. The molecule has 4 heterocycles. The number of hydrogen-bond acceptors (Lipinski definition) is 11. The number of H-pyrrole nitrogens is 2. The first-order chi connectivity index (χ1) is 29.2. The Bertz CT molecular complexity index is 2480. The summed E-state index contributed by atoms with van der Waals surface area (Å²) in [6, 6.07) is 6.91. The van der Waals surface area contributed by atoms with Crippen LogP contribution in [-0.2, 0) is 43.3 Å². The highest BCUT2D eigenvalue weighted by Crippen LogP contribution is 2.26. The van der Waals surface area contributed by atoms with Gasteiger partial charge in [0, 0.05) is 61.1 Å². The Kier molecular flexibility index (Phi) is 14.0. The molecule has 2 aromatic heterocycles. The van der Waals surface area contributed by atoms with Gasteiger partial charge < -0.3 is 51.4 Å². The lowest BCUT2D eigenvalue weighted by molar-refractivity contribution is -0.139. The number of para-hydroxylation sites is 1. The number of thioether (sulfide) groups is 1. The maximum absolute atomic E-state index is 14.1. The highest BCUT2D eigenvalue weighted by molar-refractivity contribution is 7.98. The summed E-state index contributed by atoms with van der Waals surface area (Å²) in [6.07, 6.45) is 8.34. The fourth-order valence-corrected chi connectivity index (χ4v) is 7.58. The Morgan fingerprint density at radius 2 is 1.80 bits per heavy atom. The van der Waals surface area contributed by atoms with Gasteiger partial charge in [0.25, 0.3) is 5.56 Å². The second kappa shape index (κ2) is 19.5. The number of allylic oxidation sites excluding steroid dienone is 1. The lowest BCUT2D eigenvalue weighted by atomic mass is 9.94. The fraction of sp³-hybridized carbons (Fsp3) is 0.341. The third-order valence-electron chi connectivity index (χ3n) is 10.6. The van der Waals surface area contributed by atoms with Crippen molar-refractivity contribution in [2.45, 2.75) is 69.2 Å². The van der Waals surface area contributed by atoms with Gasteiger partial charge in [-0.3, -0.25) is 28.7 Å². The molecule has 0 saturated carbocycles. The minimum absolute atomic E-state index is 0.0477. The zero-order valence-corrected chi connectivity index (χ0v) is 34.3. The third-order valence-corrected chi connectivity index (χ3v) is 11.3. The van der Waals surface area contributed by atoms with Gasteiger partial charge in [0.1, 0.15) is 29.6 Å². The van der Waals surface area contributed by atoms with E-state index in [2.05, 4.69) is 36.6 Å². The molecule has 2 aliphatic heterocycles. The largest absolute Gasteiger partial charge is 0.508 e. The van der Waals surface area contributed by atoms with E-state index in [1.165, 1.54) is 48.3 Å². The quantitative estimate of drug-likeness (QED) is 0.0762. The molecule has 9 N–H and O–H groups in total. The summed E-state index contributed by atoms with van der Waals surface area (Å²) in [6.45, 7) is 1.80. The Morgan fingerprint density at radius 3 is 2.56 bits per heavy atom. The number of urea groups is 1. The van der Waals surface area contributed by atoms with Gasteiger partial charge in [0.15, 0.2) is 6.23 Å². The number of fused-ring (bicyclic) bond motifs is 2. The molecule has 20 heteroatoms. The average molecular weight is 858 g/mol. The number of phenols is 1. The number of nitrogens with one attached hydrogen (secondary N) is 7. The molecule has 6 rings (SSSR count). The predicted octanol–water partition coefficient (Wildman–Crippen LogP) is 0.929. The Hall–Kier alpha value is -6.80. The molecule has 0 bridgehead atoms. The molecule has 19 nitrogen and oxygen atoms in total. The Labute approximate surface area is 353 Å². The molecule has 0 aliphatic carbocycles. The van der Waals surface area contributed by atoms with Crippen LogP contribution in [0.1, 0.15) is 36.3 Å². The first-order valence-corrected chi connectivity index (χ1v) is 20.7. The average Bonchev–Trinajstić information content (AvgIpc) is 3.89. The minimum atomic E-state index is -1.42. The molecule has 2 aliphatic rings. The van der Waals surface area contributed by atoms with Gasteiger partial charge in [-0.05, 0) is 67.2 Å². The smallest absolute Gasteiger partial charge is 0.331 e. The number of hydrogen-bond donors (Lipinski definition) is 9. The summed E-state index contributed by atoms with van der Waals surface area (Å²) in [5.74, 6) is -2.58. The van der Waals surface area contributed by atoms with Gasteiger partial charge in [0.2, 0.25) is 17.7 Å². The van der Waals surface area contributed by atoms with Crippen LogP contribution in [0.15, 0.2) is 94.6 Å². The van der Waals surface area contributed by atoms with Gasteiger partial charge in [-0.1, -0.05) is 30.3 Å². The third kappa shape index (κ3) is 10.5. The molecule has 0 fully saturated rings. The molecule has 2 aromatic carbocycles. The number of aromatic hydroxyl groups is 1. The molecular formula is C41H47N9O10S. The van der Waals surface area contributed by atoms with Gasteiger partial charge in [0.05, 0.1) is 12.1 Å². The van der Waals surface area contributed by atoms with E-state index < -0.39 is 77.4 Å². The topological polar surface area (TPSA) is 269 Å². The zero-order valence-electron chi connectivity index (χ0n) is 33.5. The van der Waals surface area contributed by atoms with Crippen molar-refractivity contribution in [3.63, 3.8) is 0 Å². The highest BCUT2D eigenvalue weighted by Gasteiger charge is 2.37. The molecular weight excluding hydrogens is 811 g/mol. The summed E-state index contributed by atoms with van der Waals surface area (Å²) in [5.41, 5.74) is 1.63. The normalized spacial score (nSPS) is 18.2. The number of phenolic OH excluding ortho intramolecular Hbond substituents is 1. The summed E-state index contributed by atoms with van der Waals surface area (Å²) >= 11 is 1.40. The van der Waals surface area contributed by atoms with Crippen LogP contribution in [0.25, 0.3) is 10.9 Å². The second-order valence-corrected chi connectivity index (χ2v) is 15.6. The van der Waals surface area contributed by atoms with Crippen LogP contribution < -0.4 is 37.8 Å². The molecule has 3 unspecified atom stereocenters. The maximum Gasteiger partial charge on any atom is 0.331 e. The van der Waals surface area contributed by atoms with Gasteiger partial charge in [-0.15, -0.1) is 0 Å². The SMILES string of the molecule is CSCCC(NC(=O)NC(Cc1c[nH]c2ccccc12)C(=O)O)C(=O)NC(C(=O)N/C=C1/C=C[C@H](n2ccc(=O)[nH]c2=O)O1)[C@H](C)N(C)C(=O)[C@H]1Cc2cccc(O)c2CN1. The van der Waals surface area contributed by atoms with Gasteiger partial charge in [-0.2, -0.15) is 11.8 Å². The van der Waals surface area contributed by atoms with E-state index in [1.807, 2.05) is 30.3 Å². The van der Waals surface area contributed by atoms with Crippen molar-refractivity contribution >= 4 is 52.4 Å². The van der Waals surface area contributed by atoms with E-state index in [0.29, 0.717) is 16.9 Å². The lowest BCUT2D eigenvalue weighted by Crippen LogP contribution is -2.62. The van der Waals surface area contributed by atoms with Crippen molar-refractivity contribution < 1.29 is 38.9 Å². The van der Waals surface area contributed by atoms with Crippen molar-refractivity contribution in [2.75, 3.05) is 19.1 Å². The minimum Gasteiger partial charge on any atom is -0.508 e. The van der Waals surface area contributed by atoms with E-state index in [1.54, 1.807) is 31.5 Å². The van der Waals surface area contributed by atoms with E-state index in [0.717, 1.165) is 27.1 Å². The van der Waals surface area contributed by atoms with Crippen molar-refractivity contribution in [3.05, 3.63) is 123 Å². The van der Waals surface area contributed by atoms with Crippen molar-refractivity contribution in [1.82, 2.24) is 46.0 Å². The van der Waals surface area contributed by atoms with Crippen LogP contribution >= 0.6 is 11.8 Å². The summed E-state index contributed by atoms with van der Waals surface area (Å²) in [7, 11) is 1.49. The molecule has 61 heavy (non-hydrogen) atoms. The highest BCUT2D eigenvalue weighted by atomic mass is 32.2. The van der Waals surface area contributed by atoms with Gasteiger partial charge >= 0.3 is 17.7 Å². The molecule has 4 aromatic rings. The number of aromatic amines is 2. The molecule has 322 valence electrons. The fourth-order valence-electron chi connectivity index (χ4n) is 7.11. The van der Waals surface area contributed by atoms with Crippen LogP contribution in [0.4, 0.5) is 4.79 Å². The second-order valence-electron chi connectivity index (χ2n) is 14.6. The number of aliphatic carboxylic acids is 1. The van der Waals surface area contributed by atoms with Crippen LogP contribution in [0.5, 0.6) is 5.75 Å². The molecule has 0 saturated heterocycles. The van der Waals surface area contributed by atoms with Gasteiger partial charge in [-0.25, -0.2) is 14.4 Å². The number of aromatic nitrogens is 3. The maximum atomic E-state index is 14.1. The number of rotatable bonds is 16. The van der Waals surface area contributed by atoms with Crippen molar-refractivity contribution in [2.24, 2.45) is 0 Å². The first-order valence-electron chi connectivity index (χ1n) is 19.3. The van der Waals surface area contributed by atoms with Crippen molar-refractivity contribution in [1.29, 1.82) is 0 Å². The molecule has 6 atom stereocenters. The molecule has 5 amide bonds. The summed E-state index contributed by atoms with van der Waals surface area (Å²) in [5, 5.41) is 34.6. The van der Waals surface area contributed by atoms with Crippen LogP contribution in [0.3, 0.4) is 0 Å². The molecule has 0 spiro atoms. The number of amides is 5. The number of benzene rings is 2. The number of carboxylic acids is 1. The van der Waals surface area contributed by atoms with E-state index in [4.69, 9.17) is 4.74 Å².